The van der Waals surface area contributed by atoms with Crippen LogP contribution in [0.5, 0.6) is 0 Å². The third-order valence-electron chi connectivity index (χ3n) is 9.12. The number of ketones is 2. The predicted octanol–water partition coefficient (Wildman–Crippen LogP) is 4.94. The van der Waals surface area contributed by atoms with Crippen LogP contribution >= 0.6 is 0 Å². The van der Waals surface area contributed by atoms with Crippen LogP contribution in [-0.4, -0.2) is 17.9 Å². The molecule has 0 spiro atoms. The van der Waals surface area contributed by atoms with Crippen LogP contribution < -0.4 is 0 Å². The molecular weight excluding hydrogens is 352 g/mol. The van der Waals surface area contributed by atoms with Crippen molar-refractivity contribution in [1.29, 1.82) is 0 Å². The van der Waals surface area contributed by atoms with Crippen LogP contribution in [0.25, 0.3) is 0 Å². The van der Waals surface area contributed by atoms with Crippen molar-refractivity contribution in [3.63, 3.8) is 0 Å². The Hall–Kier alpha value is -1.58. The maximum atomic E-state index is 12.7. The minimum Gasteiger partial charge on any atom is -0.454 e. The van der Waals surface area contributed by atoms with Gasteiger partial charge in [0.1, 0.15) is 5.78 Å². The average Bonchev–Trinajstić information content (AvgIpc) is 3.25. The Bertz CT molecular complexity index is 807. The molecule has 152 valence electrons. The van der Waals surface area contributed by atoms with E-state index in [9.17, 15) is 9.59 Å². The Morgan fingerprint density at radius 1 is 1.14 bits per heavy atom. The van der Waals surface area contributed by atoms with E-state index in [2.05, 4.69) is 13.8 Å². The average molecular weight is 385 g/mol. The maximum Gasteiger partial charge on any atom is 0.241 e. The summed E-state index contributed by atoms with van der Waals surface area (Å²) in [5.74, 6) is 3.50. The predicted molar refractivity (Wildman–Crippen MR) is 105 cm³/mol. The van der Waals surface area contributed by atoms with Crippen molar-refractivity contribution in [2.24, 2.45) is 34.5 Å². The molecular formula is C24H32O4. The number of fused-ring (bicyclic) bond motifs is 6. The Balaban J connectivity index is 1.53. The van der Waals surface area contributed by atoms with Crippen molar-refractivity contribution in [3.8, 4) is 0 Å². The lowest BCUT2D eigenvalue weighted by atomic mass is 9.47. The van der Waals surface area contributed by atoms with Crippen LogP contribution in [0.2, 0.25) is 0 Å². The summed E-state index contributed by atoms with van der Waals surface area (Å²) in [7, 11) is 0. The van der Waals surface area contributed by atoms with Gasteiger partial charge in [-0.1, -0.05) is 19.4 Å². The van der Waals surface area contributed by atoms with Gasteiger partial charge >= 0.3 is 0 Å². The molecule has 0 amide bonds. The molecule has 0 bridgehead atoms. The van der Waals surface area contributed by atoms with Crippen molar-refractivity contribution in [2.45, 2.75) is 78.9 Å². The monoisotopic (exact) mass is 384 g/mol. The van der Waals surface area contributed by atoms with Gasteiger partial charge in [0.15, 0.2) is 5.76 Å². The molecule has 4 heteroatoms. The summed E-state index contributed by atoms with van der Waals surface area (Å²) in [5, 5.41) is 0. The first-order valence-corrected chi connectivity index (χ1v) is 11.1. The molecule has 1 heterocycles. The van der Waals surface area contributed by atoms with Gasteiger partial charge in [-0.2, -0.15) is 0 Å². The van der Waals surface area contributed by atoms with Crippen LogP contribution in [0.1, 0.15) is 72.6 Å². The third-order valence-corrected chi connectivity index (χ3v) is 9.12. The molecule has 0 aromatic rings. The molecule has 4 aliphatic carbocycles. The molecule has 3 saturated carbocycles. The summed E-state index contributed by atoms with van der Waals surface area (Å²) in [6.45, 7) is 8.48. The highest BCUT2D eigenvalue weighted by Crippen LogP contribution is 2.68. The fourth-order valence-electron chi connectivity index (χ4n) is 7.74. The van der Waals surface area contributed by atoms with Gasteiger partial charge in [0.05, 0.1) is 5.41 Å². The largest absolute Gasteiger partial charge is 0.454 e. The van der Waals surface area contributed by atoms with Gasteiger partial charge in [0, 0.05) is 12.3 Å². The molecule has 0 radical (unpaired) electrons. The second-order valence-electron chi connectivity index (χ2n) is 10.2. The number of rotatable bonds is 2. The Labute approximate surface area is 167 Å². The van der Waals surface area contributed by atoms with Gasteiger partial charge < -0.3 is 9.47 Å². The Kier molecular flexibility index (Phi) is 3.93. The lowest BCUT2D eigenvalue weighted by molar-refractivity contribution is -0.128. The number of hydrogen-bond donors (Lipinski definition) is 0. The molecule has 5 aliphatic rings. The fraction of sp³-hybridized carbons (Fsp3) is 0.750. The first kappa shape index (κ1) is 18.4. The molecule has 1 aliphatic heterocycles. The van der Waals surface area contributed by atoms with Gasteiger partial charge in [0.2, 0.25) is 17.8 Å². The molecule has 28 heavy (non-hydrogen) atoms. The summed E-state index contributed by atoms with van der Waals surface area (Å²) in [6.07, 6.45) is 8.74. The molecule has 0 N–H and O–H groups in total. The lowest BCUT2D eigenvalue weighted by Gasteiger charge is -2.57. The molecule has 7 atom stereocenters. The fourth-order valence-corrected chi connectivity index (χ4v) is 7.74. The maximum absolute atomic E-state index is 12.7. The summed E-state index contributed by atoms with van der Waals surface area (Å²) in [6, 6.07) is 0. The molecule has 0 saturated heterocycles. The van der Waals surface area contributed by atoms with E-state index in [0.29, 0.717) is 29.3 Å². The quantitative estimate of drug-likeness (QED) is 0.677. The van der Waals surface area contributed by atoms with Crippen LogP contribution in [-0.2, 0) is 19.1 Å². The third kappa shape index (κ3) is 2.18. The van der Waals surface area contributed by atoms with E-state index in [1.165, 1.54) is 5.57 Å². The molecule has 5 rings (SSSR count). The van der Waals surface area contributed by atoms with Gasteiger partial charge in [-0.3, -0.25) is 9.59 Å². The van der Waals surface area contributed by atoms with E-state index >= 15 is 0 Å². The number of carbonyl (C=O) groups is 2. The van der Waals surface area contributed by atoms with Crippen molar-refractivity contribution >= 4 is 11.6 Å². The molecule has 1 unspecified atom stereocenters. The zero-order valence-electron chi connectivity index (χ0n) is 17.5. The number of hydrogen-bond acceptors (Lipinski definition) is 4. The van der Waals surface area contributed by atoms with Gasteiger partial charge in [-0.25, -0.2) is 0 Å². The Morgan fingerprint density at radius 3 is 2.64 bits per heavy atom. The highest BCUT2D eigenvalue weighted by atomic mass is 16.7. The first-order chi connectivity index (χ1) is 13.3. The molecule has 3 fully saturated rings. The standard InChI is InChI=1S/C24H32O4/c1-5-20-27-21-19(26)12-14-6-7-15-17-9-8-16(13(2)25)23(17,3)11-10-18(15)24(14,4)22(21)28-20/h12,15-18,20H,5-11H2,1-4H3/t15-,16-,17-,18-,20?,23+,24-/m0/s1. The van der Waals surface area contributed by atoms with E-state index in [1.54, 1.807) is 6.92 Å². The van der Waals surface area contributed by atoms with Crippen LogP contribution in [0.15, 0.2) is 23.2 Å². The number of ether oxygens (including phenoxy) is 2. The number of allylic oxidation sites excluding steroid dienone is 2. The van der Waals surface area contributed by atoms with E-state index in [4.69, 9.17) is 9.47 Å². The minimum atomic E-state index is -0.332. The molecule has 0 aromatic carbocycles. The van der Waals surface area contributed by atoms with Gasteiger partial charge in [0.25, 0.3) is 0 Å². The highest BCUT2D eigenvalue weighted by Gasteiger charge is 2.62. The molecule has 0 aromatic heterocycles. The van der Waals surface area contributed by atoms with Gasteiger partial charge in [-0.05, 0) is 81.6 Å². The Morgan fingerprint density at radius 2 is 1.93 bits per heavy atom. The van der Waals surface area contributed by atoms with E-state index in [0.717, 1.165) is 50.7 Å². The minimum absolute atomic E-state index is 0.0185. The summed E-state index contributed by atoms with van der Waals surface area (Å²) < 4.78 is 12.1. The van der Waals surface area contributed by atoms with Gasteiger partial charge in [-0.15, -0.1) is 0 Å². The highest BCUT2D eigenvalue weighted by molar-refractivity contribution is 6.05. The summed E-state index contributed by atoms with van der Waals surface area (Å²) >= 11 is 0. The SMILES string of the molecule is CCC1OC2=C(O1)[C@@]1(C)C(=CC2=O)CC[C@@H]2[C@@H]1CC[C@]1(C)[C@H](C(C)=O)CC[C@@H]21. The topological polar surface area (TPSA) is 52.6 Å². The van der Waals surface area contributed by atoms with Crippen LogP contribution in [0, 0.1) is 34.5 Å². The second-order valence-corrected chi connectivity index (χ2v) is 10.2. The second kappa shape index (κ2) is 5.96. The lowest BCUT2D eigenvalue weighted by Crippen LogP contribution is -2.51. The van der Waals surface area contributed by atoms with E-state index in [-0.39, 0.29) is 28.8 Å². The van der Waals surface area contributed by atoms with E-state index in [1.807, 2.05) is 13.0 Å². The zero-order chi connectivity index (χ0) is 19.8. The van der Waals surface area contributed by atoms with E-state index < -0.39 is 0 Å². The zero-order valence-corrected chi connectivity index (χ0v) is 17.5. The number of Topliss-reactive ketones (excluding diaryl/α,β-unsaturated/α-hetero) is 1. The number of carbonyl (C=O) groups excluding carboxylic acids is 2. The van der Waals surface area contributed by atoms with Crippen molar-refractivity contribution in [2.75, 3.05) is 0 Å². The first-order valence-electron chi connectivity index (χ1n) is 11.1. The van der Waals surface area contributed by atoms with Crippen LogP contribution in [0.3, 0.4) is 0 Å². The van der Waals surface area contributed by atoms with Crippen LogP contribution in [0.4, 0.5) is 0 Å². The normalized spacial score (nSPS) is 46.6. The van der Waals surface area contributed by atoms with Crippen molar-refractivity contribution in [1.82, 2.24) is 0 Å². The summed E-state index contributed by atoms with van der Waals surface area (Å²) in [5.41, 5.74) is 1.15. The molecule has 4 nitrogen and oxygen atoms in total. The smallest absolute Gasteiger partial charge is 0.241 e. The summed E-state index contributed by atoms with van der Waals surface area (Å²) in [4.78, 5) is 25.0. The van der Waals surface area contributed by atoms with Crippen molar-refractivity contribution < 1.29 is 19.1 Å². The van der Waals surface area contributed by atoms with Crippen molar-refractivity contribution in [3.05, 3.63) is 23.2 Å².